The van der Waals surface area contributed by atoms with Crippen LogP contribution in [0.4, 0.5) is 20.6 Å². The SMILES string of the molecule is C[C@H]1CN([C@@H](C)CO)C(=O)Cc2cc(NC(=O)Nc3ccc(F)cc3)ccc2O[C@@H]1CN(C)S(=O)(=O)c1ccc(Cl)cc1. The van der Waals surface area contributed by atoms with Gasteiger partial charge < -0.3 is 25.4 Å². The van der Waals surface area contributed by atoms with E-state index >= 15 is 0 Å². The van der Waals surface area contributed by atoms with Gasteiger partial charge in [0.2, 0.25) is 15.9 Å². The van der Waals surface area contributed by atoms with Crippen molar-refractivity contribution in [2.24, 2.45) is 5.92 Å². The third-order valence-corrected chi connectivity index (χ3v) is 9.32. The second-order valence-electron chi connectivity index (χ2n) is 10.5. The highest BCUT2D eigenvalue weighted by Crippen LogP contribution is 2.30. The first-order valence-electron chi connectivity index (χ1n) is 13.6. The van der Waals surface area contributed by atoms with Gasteiger partial charge in [-0.05, 0) is 73.7 Å². The standard InChI is InChI=1S/C30H34ClFN4O6S/c1-19-16-36(20(2)18-37)29(38)15-21-14-25(34-30(39)33-24-8-6-23(32)7-9-24)10-13-27(21)42-28(19)17-35(3)43(40,41)26-11-4-22(31)5-12-26/h4-14,19-20,28,37H,15-18H2,1-3H3,(H2,33,34,39)/t19-,20-,28+/m0/s1. The van der Waals surface area contributed by atoms with Gasteiger partial charge in [0, 0.05) is 41.5 Å². The number of nitrogens with one attached hydrogen (secondary N) is 2. The van der Waals surface area contributed by atoms with Crippen molar-refractivity contribution in [2.75, 3.05) is 37.4 Å². The predicted octanol–water partition coefficient (Wildman–Crippen LogP) is 4.59. The Morgan fingerprint density at radius 2 is 1.74 bits per heavy atom. The summed E-state index contributed by atoms with van der Waals surface area (Å²) in [6.07, 6.45) is -0.752. The van der Waals surface area contributed by atoms with Gasteiger partial charge in [-0.25, -0.2) is 17.6 Å². The van der Waals surface area contributed by atoms with Gasteiger partial charge in [0.25, 0.3) is 0 Å². The molecule has 3 N–H and O–H groups in total. The molecule has 0 saturated carbocycles. The minimum atomic E-state index is -3.88. The van der Waals surface area contributed by atoms with Gasteiger partial charge in [0.05, 0.1) is 30.5 Å². The predicted molar refractivity (Wildman–Crippen MR) is 162 cm³/mol. The van der Waals surface area contributed by atoms with Crippen molar-refractivity contribution in [3.05, 3.63) is 83.1 Å². The molecule has 0 saturated heterocycles. The van der Waals surface area contributed by atoms with Crippen LogP contribution in [0, 0.1) is 11.7 Å². The maximum absolute atomic E-state index is 13.4. The number of sulfonamides is 1. The lowest BCUT2D eigenvalue weighted by molar-refractivity contribution is -0.134. The van der Waals surface area contributed by atoms with E-state index in [1.165, 1.54) is 59.9 Å². The summed E-state index contributed by atoms with van der Waals surface area (Å²) in [7, 11) is -2.42. The molecule has 1 heterocycles. The number of halogens is 2. The molecule has 1 aliphatic rings. The van der Waals surface area contributed by atoms with Crippen molar-refractivity contribution in [1.29, 1.82) is 0 Å². The fourth-order valence-electron chi connectivity index (χ4n) is 4.69. The van der Waals surface area contributed by atoms with Crippen LogP contribution in [0.25, 0.3) is 0 Å². The van der Waals surface area contributed by atoms with E-state index < -0.39 is 34.0 Å². The van der Waals surface area contributed by atoms with Gasteiger partial charge in [-0.15, -0.1) is 0 Å². The van der Waals surface area contributed by atoms with Crippen LogP contribution >= 0.6 is 11.6 Å². The Morgan fingerprint density at radius 1 is 1.12 bits per heavy atom. The van der Waals surface area contributed by atoms with E-state index in [9.17, 15) is 27.5 Å². The minimum absolute atomic E-state index is 0.0266. The first-order chi connectivity index (χ1) is 20.4. The zero-order valence-electron chi connectivity index (χ0n) is 24.0. The molecule has 43 heavy (non-hydrogen) atoms. The summed E-state index contributed by atoms with van der Waals surface area (Å²) in [6.45, 7) is 3.53. The first-order valence-corrected chi connectivity index (χ1v) is 15.4. The molecule has 1 aliphatic heterocycles. The van der Waals surface area contributed by atoms with Crippen LogP contribution in [0.3, 0.4) is 0 Å². The summed E-state index contributed by atoms with van der Waals surface area (Å²) in [6, 6.07) is 14.9. The number of hydrogen-bond acceptors (Lipinski definition) is 6. The average Bonchev–Trinajstić information content (AvgIpc) is 3.01. The van der Waals surface area contributed by atoms with Crippen molar-refractivity contribution in [1.82, 2.24) is 9.21 Å². The fraction of sp³-hybridized carbons (Fsp3) is 0.333. The second-order valence-corrected chi connectivity index (χ2v) is 13.0. The van der Waals surface area contributed by atoms with Crippen LogP contribution in [0.5, 0.6) is 5.75 Å². The summed E-state index contributed by atoms with van der Waals surface area (Å²) in [5, 5.41) is 15.6. The summed E-state index contributed by atoms with van der Waals surface area (Å²) in [4.78, 5) is 27.7. The third-order valence-electron chi connectivity index (χ3n) is 7.24. The van der Waals surface area contributed by atoms with Crippen molar-refractivity contribution in [3.8, 4) is 5.75 Å². The monoisotopic (exact) mass is 632 g/mol. The molecule has 3 amide bonds. The maximum atomic E-state index is 13.4. The van der Waals surface area contributed by atoms with Gasteiger partial charge in [0.1, 0.15) is 17.7 Å². The van der Waals surface area contributed by atoms with Crippen molar-refractivity contribution in [3.63, 3.8) is 0 Å². The smallest absolute Gasteiger partial charge is 0.323 e. The number of hydrogen-bond donors (Lipinski definition) is 3. The molecule has 0 radical (unpaired) electrons. The van der Waals surface area contributed by atoms with Crippen molar-refractivity contribution >= 4 is 44.9 Å². The zero-order chi connectivity index (χ0) is 31.3. The molecule has 0 aromatic heterocycles. The fourth-order valence-corrected chi connectivity index (χ4v) is 6.00. The molecule has 3 aromatic carbocycles. The zero-order valence-corrected chi connectivity index (χ0v) is 25.5. The van der Waals surface area contributed by atoms with E-state index in [2.05, 4.69) is 10.6 Å². The van der Waals surface area contributed by atoms with Crippen LogP contribution in [-0.2, 0) is 21.2 Å². The molecule has 0 aliphatic carbocycles. The first kappa shape index (κ1) is 32.2. The quantitative estimate of drug-likeness (QED) is 0.333. The highest BCUT2D eigenvalue weighted by Gasteiger charge is 2.33. The number of aliphatic hydroxyl groups excluding tert-OH is 1. The Balaban J connectivity index is 1.61. The molecular formula is C30H34ClFN4O6S. The molecule has 230 valence electrons. The van der Waals surface area contributed by atoms with Crippen molar-refractivity contribution in [2.45, 2.75) is 37.3 Å². The highest BCUT2D eigenvalue weighted by molar-refractivity contribution is 7.89. The summed E-state index contributed by atoms with van der Waals surface area (Å²) >= 11 is 5.94. The number of carbonyl (C=O) groups excluding carboxylic acids is 2. The Kier molecular flexibility index (Phi) is 10.3. The van der Waals surface area contributed by atoms with Gasteiger partial charge in [-0.1, -0.05) is 18.5 Å². The Labute approximate surface area is 255 Å². The molecule has 0 bridgehead atoms. The molecule has 0 fully saturated rings. The van der Waals surface area contributed by atoms with Crippen LogP contribution in [0.2, 0.25) is 5.02 Å². The number of likely N-dealkylation sites (N-methyl/N-ethyl adjacent to an activating group) is 1. The number of carbonyl (C=O) groups is 2. The Hall–Kier alpha value is -3.71. The lowest BCUT2D eigenvalue weighted by atomic mass is 10.0. The second kappa shape index (κ2) is 13.7. The number of nitrogens with zero attached hydrogens (tertiary/aromatic N) is 2. The molecule has 3 aromatic rings. The van der Waals surface area contributed by atoms with Gasteiger partial charge in [-0.3, -0.25) is 4.79 Å². The number of ether oxygens (including phenoxy) is 1. The van der Waals surface area contributed by atoms with Crippen LogP contribution in [0.15, 0.2) is 71.6 Å². The average molecular weight is 633 g/mol. The minimum Gasteiger partial charge on any atom is -0.488 e. The molecule has 4 rings (SSSR count). The largest absolute Gasteiger partial charge is 0.488 e. The molecule has 13 heteroatoms. The van der Waals surface area contributed by atoms with E-state index in [0.717, 1.165) is 0 Å². The lowest BCUT2D eigenvalue weighted by Crippen LogP contribution is -2.48. The number of aliphatic hydroxyl groups is 1. The third kappa shape index (κ3) is 8.02. The summed E-state index contributed by atoms with van der Waals surface area (Å²) < 4.78 is 47.4. The van der Waals surface area contributed by atoms with E-state index in [-0.39, 0.29) is 42.8 Å². The molecule has 3 atom stereocenters. The number of rotatable bonds is 8. The van der Waals surface area contributed by atoms with E-state index in [1.807, 2.05) is 6.92 Å². The number of anilines is 2. The van der Waals surface area contributed by atoms with E-state index in [1.54, 1.807) is 30.0 Å². The number of amides is 3. The molecular weight excluding hydrogens is 599 g/mol. The van der Waals surface area contributed by atoms with Gasteiger partial charge in [0.15, 0.2) is 0 Å². The Morgan fingerprint density at radius 3 is 2.40 bits per heavy atom. The summed E-state index contributed by atoms with van der Waals surface area (Å²) in [5.74, 6) is -0.648. The number of fused-ring (bicyclic) bond motifs is 1. The summed E-state index contributed by atoms with van der Waals surface area (Å²) in [5.41, 5.74) is 1.24. The van der Waals surface area contributed by atoms with Gasteiger partial charge in [-0.2, -0.15) is 4.31 Å². The van der Waals surface area contributed by atoms with Gasteiger partial charge >= 0.3 is 6.03 Å². The van der Waals surface area contributed by atoms with E-state index in [0.29, 0.717) is 27.7 Å². The molecule has 0 unspecified atom stereocenters. The van der Waals surface area contributed by atoms with E-state index in [4.69, 9.17) is 16.3 Å². The molecule has 0 spiro atoms. The van der Waals surface area contributed by atoms with Crippen molar-refractivity contribution < 1.29 is 32.2 Å². The highest BCUT2D eigenvalue weighted by atomic mass is 35.5. The van der Waals surface area contributed by atoms with Crippen LogP contribution in [0.1, 0.15) is 19.4 Å². The normalized spacial score (nSPS) is 18.1. The number of urea groups is 1. The lowest BCUT2D eigenvalue weighted by Gasteiger charge is -2.33. The van der Waals surface area contributed by atoms with Crippen LogP contribution in [-0.4, -0.2) is 73.6 Å². The topological polar surface area (TPSA) is 128 Å². The number of benzene rings is 3. The van der Waals surface area contributed by atoms with Crippen LogP contribution < -0.4 is 15.4 Å². The molecule has 10 nitrogen and oxygen atoms in total. The maximum Gasteiger partial charge on any atom is 0.323 e. The Bertz CT molecular complexity index is 1560.